The zero-order chi connectivity index (χ0) is 51.3. The van der Waals surface area contributed by atoms with Gasteiger partial charge in [0.05, 0.1) is 42.3 Å². The average molecular weight is 995 g/mol. The van der Waals surface area contributed by atoms with Crippen LogP contribution in [0.25, 0.3) is 0 Å². The monoisotopic (exact) mass is 994 g/mol. The largest absolute Gasteiger partial charge is 0.497 e. The number of imide groups is 1. The second-order valence-electron chi connectivity index (χ2n) is 18.8. The average Bonchev–Trinajstić information content (AvgIpc) is 3.88. The summed E-state index contributed by atoms with van der Waals surface area (Å²) in [7, 11) is 1.58. The van der Waals surface area contributed by atoms with E-state index in [1.54, 1.807) is 66.6 Å². The molecule has 1 spiro atoms. The number of carbonyl (C=O) groups is 4. The number of nitro groups is 1. The summed E-state index contributed by atoms with van der Waals surface area (Å²) in [6, 6.07) is 40.5. The van der Waals surface area contributed by atoms with Crippen LogP contribution in [0.2, 0.25) is 0 Å². The second kappa shape index (κ2) is 21.4. The van der Waals surface area contributed by atoms with Crippen LogP contribution in [0.5, 0.6) is 11.5 Å². The number of esters is 1. The summed E-state index contributed by atoms with van der Waals surface area (Å²) in [5, 5.41) is 21.1. The van der Waals surface area contributed by atoms with Gasteiger partial charge in [-0.1, -0.05) is 104 Å². The Balaban J connectivity index is 1.23. The first kappa shape index (κ1) is 49.3. The smallest absolute Gasteiger partial charge is 0.421 e. The predicted octanol–water partition coefficient (Wildman–Crippen LogP) is 9.17. The highest BCUT2D eigenvalue weighted by Gasteiger charge is 2.76. The number of benzene rings is 6. The quantitative estimate of drug-likeness (QED) is 0.0564. The molecule has 6 atom stereocenters. The van der Waals surface area contributed by atoms with Gasteiger partial charge in [0.1, 0.15) is 42.3 Å². The number of nitrogens with zero attached hydrogens (tertiary/aromatic N) is 4. The van der Waals surface area contributed by atoms with Gasteiger partial charge in [0.25, 0.3) is 5.69 Å². The number of amides is 3. The number of aliphatic hydroxyl groups is 1. The molecule has 4 aliphatic rings. The highest BCUT2D eigenvalue weighted by atomic mass is 16.6. The van der Waals surface area contributed by atoms with Crippen molar-refractivity contribution in [2.75, 3.05) is 38.3 Å². The molecule has 1 N–H and O–H groups in total. The molecule has 15 nitrogen and oxygen atoms in total. The number of methoxy groups -OCH3 is 1. The van der Waals surface area contributed by atoms with E-state index >= 15 is 19.2 Å². The lowest BCUT2D eigenvalue weighted by Gasteiger charge is -2.46. The van der Waals surface area contributed by atoms with Gasteiger partial charge in [-0.25, -0.2) is 9.69 Å². The van der Waals surface area contributed by atoms with Crippen LogP contribution in [-0.2, 0) is 35.9 Å². The number of non-ortho nitro benzene ring substituents is 1. The maximum absolute atomic E-state index is 16.8. The lowest BCUT2D eigenvalue weighted by Crippen LogP contribution is -2.56. The first-order valence-corrected chi connectivity index (χ1v) is 24.9. The Morgan fingerprint density at radius 2 is 1.36 bits per heavy atom. The Labute approximate surface area is 428 Å². The summed E-state index contributed by atoms with van der Waals surface area (Å²) in [6.07, 6.45) is 2.25. The summed E-state index contributed by atoms with van der Waals surface area (Å²) in [5.74, 6) is 4.19. The fourth-order valence-electron chi connectivity index (χ4n) is 11.3. The molecule has 0 unspecified atom stereocenters. The first-order valence-electron chi connectivity index (χ1n) is 24.9. The maximum atomic E-state index is 16.8. The van der Waals surface area contributed by atoms with E-state index in [0.717, 1.165) is 29.7 Å². The molecule has 3 amide bonds. The van der Waals surface area contributed by atoms with Gasteiger partial charge in [0.15, 0.2) is 0 Å². The summed E-state index contributed by atoms with van der Waals surface area (Å²) in [5.41, 5.74) is 1.79. The van der Waals surface area contributed by atoms with Crippen LogP contribution in [0.3, 0.4) is 0 Å². The van der Waals surface area contributed by atoms with Crippen LogP contribution in [0.1, 0.15) is 89.2 Å². The van der Waals surface area contributed by atoms with Crippen molar-refractivity contribution in [3.8, 4) is 23.3 Å². The van der Waals surface area contributed by atoms with Crippen LogP contribution in [0.4, 0.5) is 16.2 Å². The van der Waals surface area contributed by atoms with Crippen LogP contribution in [-0.4, -0.2) is 83.2 Å². The zero-order valence-electron chi connectivity index (χ0n) is 40.7. The van der Waals surface area contributed by atoms with Gasteiger partial charge in [0, 0.05) is 36.3 Å². The molecule has 0 aromatic heterocycles. The molecule has 15 heteroatoms. The van der Waals surface area contributed by atoms with E-state index in [1.165, 1.54) is 24.3 Å². The van der Waals surface area contributed by atoms with Gasteiger partial charge in [-0.3, -0.25) is 29.4 Å². The molecule has 376 valence electrons. The van der Waals surface area contributed by atoms with Crippen molar-refractivity contribution >= 4 is 35.3 Å². The molecule has 10 rings (SSSR count). The van der Waals surface area contributed by atoms with Crippen molar-refractivity contribution in [3.63, 3.8) is 0 Å². The van der Waals surface area contributed by atoms with Crippen LogP contribution in [0.15, 0.2) is 152 Å². The Kier molecular flexibility index (Phi) is 14.3. The Bertz CT molecular complexity index is 3100. The molecule has 6 aromatic rings. The highest BCUT2D eigenvalue weighted by Crippen LogP contribution is 2.66. The summed E-state index contributed by atoms with van der Waals surface area (Å²) < 4.78 is 23.8. The van der Waals surface area contributed by atoms with Crippen molar-refractivity contribution in [2.24, 2.45) is 5.92 Å². The topological polar surface area (TPSA) is 178 Å². The molecule has 0 bridgehead atoms. The van der Waals surface area contributed by atoms with E-state index < -0.39 is 64.4 Å². The number of nitro benzene ring substituents is 1. The fraction of sp³-hybridized carbons (Fsp3) is 0.288. The Morgan fingerprint density at radius 3 is 2.01 bits per heavy atom. The number of fused-ring (bicyclic) bond motifs is 3. The number of hydrogen-bond acceptors (Lipinski definition) is 12. The number of likely N-dealkylation sites (tertiary alicyclic amines) is 1. The van der Waals surface area contributed by atoms with Crippen LogP contribution >= 0.6 is 0 Å². The molecule has 4 heterocycles. The number of morpholine rings is 1. The molecular weight excluding hydrogens is 941 g/mol. The standard InChI is InChI=1S/C59H54N4O11/c1-71-46-28-21-39(22-29-46)17-18-40-23-32-49-48(37-40)59(57(67)61(49)58(68)73-38-41-19-26-45(27-20-41)63(69)70)50(55(65)60-33-11-3-2-4-12-34-60)52-56(66)74-53(43-15-9-6-10-16-43)51(42-13-7-5-8-14-42)62(52)54(59)44-24-30-47(31-25-44)72-36-35-64/h5-10,13-16,19-32,37,50-54,64H,2-4,11-12,33-36,38H2,1H3/t50-,51-,52-,53+,54+,59-/m0/s1. The van der Waals surface area contributed by atoms with E-state index in [1.807, 2.05) is 77.7 Å². The van der Waals surface area contributed by atoms with Crippen molar-refractivity contribution in [1.82, 2.24) is 9.80 Å². The lowest BCUT2D eigenvalue weighted by molar-refractivity contribution is -0.384. The molecule has 6 aromatic carbocycles. The van der Waals surface area contributed by atoms with Gasteiger partial charge < -0.3 is 29.0 Å². The molecule has 3 saturated heterocycles. The molecule has 0 aliphatic carbocycles. The van der Waals surface area contributed by atoms with Crippen LogP contribution in [0, 0.1) is 27.9 Å². The maximum Gasteiger partial charge on any atom is 0.421 e. The minimum absolute atomic E-state index is 0.0249. The van der Waals surface area contributed by atoms with Crippen molar-refractivity contribution in [3.05, 3.63) is 201 Å². The fourth-order valence-corrected chi connectivity index (χ4v) is 11.3. The second-order valence-corrected chi connectivity index (χ2v) is 18.8. The van der Waals surface area contributed by atoms with Gasteiger partial charge in [-0.2, -0.15) is 0 Å². The van der Waals surface area contributed by atoms with Gasteiger partial charge >= 0.3 is 12.1 Å². The SMILES string of the molecule is COc1ccc(C#Cc2ccc3c(c2)[C@]2(C(=O)N3C(=O)OCc3ccc([N+](=O)[O-])cc3)[C@H](C(=O)N3CCCCCCC3)[C@H]3C(=O)O[C@H](c4ccccc4)[C@H](c4ccccc4)N3[C@@H]2c2ccc(OCCO)cc2)cc1. The molecule has 4 aliphatic heterocycles. The van der Waals surface area contributed by atoms with Crippen LogP contribution < -0.4 is 14.4 Å². The number of anilines is 1. The Hall–Kier alpha value is -8.32. The number of cyclic esters (lactones) is 1. The van der Waals surface area contributed by atoms with E-state index in [0.29, 0.717) is 65.2 Å². The first-order chi connectivity index (χ1) is 36.1. The van der Waals surface area contributed by atoms with E-state index in [2.05, 4.69) is 11.8 Å². The third kappa shape index (κ3) is 9.23. The van der Waals surface area contributed by atoms with Crippen molar-refractivity contribution in [2.45, 2.75) is 68.4 Å². The zero-order valence-corrected chi connectivity index (χ0v) is 40.7. The van der Waals surface area contributed by atoms with E-state index in [4.69, 9.17) is 18.9 Å². The number of hydrogen-bond donors (Lipinski definition) is 1. The number of ether oxygens (including phenoxy) is 4. The lowest BCUT2D eigenvalue weighted by atomic mass is 9.64. The summed E-state index contributed by atoms with van der Waals surface area (Å²) in [6.45, 7) is 0.226. The number of carbonyl (C=O) groups excluding carboxylic acids is 4. The predicted molar refractivity (Wildman–Crippen MR) is 273 cm³/mol. The van der Waals surface area contributed by atoms with Gasteiger partial charge in [-0.05, 0) is 107 Å². The highest BCUT2D eigenvalue weighted by molar-refractivity contribution is 6.23. The van der Waals surface area contributed by atoms with E-state index in [-0.39, 0.29) is 36.8 Å². The number of aliphatic hydroxyl groups excluding tert-OH is 1. The molecule has 0 saturated carbocycles. The normalized spacial score (nSPS) is 22.3. The molecular formula is C59H54N4O11. The van der Waals surface area contributed by atoms with Crippen molar-refractivity contribution in [1.29, 1.82) is 0 Å². The van der Waals surface area contributed by atoms with Gasteiger partial charge in [0.2, 0.25) is 11.8 Å². The van der Waals surface area contributed by atoms with E-state index in [9.17, 15) is 15.2 Å². The summed E-state index contributed by atoms with van der Waals surface area (Å²) >= 11 is 0. The molecule has 74 heavy (non-hydrogen) atoms. The third-order valence-corrected chi connectivity index (χ3v) is 14.6. The molecule has 0 radical (unpaired) electrons. The minimum atomic E-state index is -2.05. The Morgan fingerprint density at radius 1 is 0.743 bits per heavy atom. The minimum Gasteiger partial charge on any atom is -0.497 e. The van der Waals surface area contributed by atoms with Gasteiger partial charge in [-0.15, -0.1) is 0 Å². The molecule has 3 fully saturated rings. The summed E-state index contributed by atoms with van der Waals surface area (Å²) in [4.78, 5) is 79.4. The van der Waals surface area contributed by atoms with Crippen molar-refractivity contribution < 1.29 is 48.2 Å². The third-order valence-electron chi connectivity index (χ3n) is 14.6. The number of rotatable bonds is 11.